The van der Waals surface area contributed by atoms with Crippen LogP contribution in [0, 0.1) is 0 Å². The van der Waals surface area contributed by atoms with Crippen LogP contribution in [0.5, 0.6) is 11.5 Å². The standard InChI is InChI=1S/C15H16O4/c1-8-15(2,3)13-11(18-8)7-10(17-4)9-5-6-12(16)19-14(9)13/h5-8H,1-4H3. The molecule has 0 saturated carbocycles. The summed E-state index contributed by atoms with van der Waals surface area (Å²) < 4.78 is 16.6. The monoisotopic (exact) mass is 260 g/mol. The normalized spacial score (nSPS) is 20.1. The summed E-state index contributed by atoms with van der Waals surface area (Å²) in [6.07, 6.45) is 0.0170. The van der Waals surface area contributed by atoms with Crippen LogP contribution in [0.25, 0.3) is 11.0 Å². The molecule has 1 unspecified atom stereocenters. The van der Waals surface area contributed by atoms with Crippen LogP contribution in [0.3, 0.4) is 0 Å². The van der Waals surface area contributed by atoms with Gasteiger partial charge >= 0.3 is 5.63 Å². The van der Waals surface area contributed by atoms with Gasteiger partial charge in [0.15, 0.2) is 0 Å². The van der Waals surface area contributed by atoms with Gasteiger partial charge in [0.05, 0.1) is 12.5 Å². The molecule has 4 heteroatoms. The van der Waals surface area contributed by atoms with Crippen molar-refractivity contribution in [3.63, 3.8) is 0 Å². The lowest BCUT2D eigenvalue weighted by Gasteiger charge is -2.22. The fourth-order valence-electron chi connectivity index (χ4n) is 2.59. The molecule has 0 bridgehead atoms. The van der Waals surface area contributed by atoms with E-state index in [-0.39, 0.29) is 17.1 Å². The summed E-state index contributed by atoms with van der Waals surface area (Å²) in [7, 11) is 1.59. The van der Waals surface area contributed by atoms with Crippen LogP contribution >= 0.6 is 0 Å². The van der Waals surface area contributed by atoms with Gasteiger partial charge in [0.25, 0.3) is 0 Å². The average molecular weight is 260 g/mol. The van der Waals surface area contributed by atoms with Crippen LogP contribution in [-0.4, -0.2) is 13.2 Å². The Balaban J connectivity index is 2.47. The lowest BCUT2D eigenvalue weighted by atomic mass is 9.81. The molecule has 2 aromatic rings. The largest absolute Gasteiger partial charge is 0.496 e. The second-order valence-corrected chi connectivity index (χ2v) is 5.43. The zero-order chi connectivity index (χ0) is 13.8. The van der Waals surface area contributed by atoms with Gasteiger partial charge in [0.2, 0.25) is 0 Å². The Bertz CT molecular complexity index is 712. The molecule has 19 heavy (non-hydrogen) atoms. The Labute approximate surface area is 110 Å². The Morgan fingerprint density at radius 3 is 2.74 bits per heavy atom. The van der Waals surface area contributed by atoms with E-state index in [0.29, 0.717) is 11.3 Å². The van der Waals surface area contributed by atoms with Gasteiger partial charge in [-0.25, -0.2) is 4.79 Å². The zero-order valence-corrected chi connectivity index (χ0v) is 11.4. The van der Waals surface area contributed by atoms with Crippen LogP contribution < -0.4 is 15.1 Å². The highest BCUT2D eigenvalue weighted by Gasteiger charge is 2.42. The van der Waals surface area contributed by atoms with Crippen molar-refractivity contribution in [1.82, 2.24) is 0 Å². The molecule has 1 aliphatic heterocycles. The van der Waals surface area contributed by atoms with E-state index in [0.717, 1.165) is 16.7 Å². The third kappa shape index (κ3) is 1.56. The summed E-state index contributed by atoms with van der Waals surface area (Å²) in [5, 5.41) is 0.798. The van der Waals surface area contributed by atoms with Crippen molar-refractivity contribution in [2.75, 3.05) is 7.11 Å². The zero-order valence-electron chi connectivity index (χ0n) is 11.4. The van der Waals surface area contributed by atoms with Crippen LogP contribution in [-0.2, 0) is 5.41 Å². The van der Waals surface area contributed by atoms with Crippen LogP contribution in [0.1, 0.15) is 26.3 Å². The van der Waals surface area contributed by atoms with Crippen molar-refractivity contribution in [2.45, 2.75) is 32.3 Å². The topological polar surface area (TPSA) is 48.7 Å². The second-order valence-electron chi connectivity index (χ2n) is 5.43. The van der Waals surface area contributed by atoms with E-state index in [1.807, 2.05) is 13.0 Å². The number of hydrogen-bond acceptors (Lipinski definition) is 4. The van der Waals surface area contributed by atoms with Crippen molar-refractivity contribution in [3.05, 3.63) is 34.2 Å². The van der Waals surface area contributed by atoms with Crippen molar-refractivity contribution < 1.29 is 13.9 Å². The van der Waals surface area contributed by atoms with E-state index >= 15 is 0 Å². The molecular formula is C15H16O4. The molecule has 0 aliphatic carbocycles. The molecule has 1 aromatic carbocycles. The van der Waals surface area contributed by atoms with Gasteiger partial charge < -0.3 is 13.9 Å². The van der Waals surface area contributed by atoms with Gasteiger partial charge in [-0.2, -0.15) is 0 Å². The quantitative estimate of drug-likeness (QED) is 0.740. The maximum absolute atomic E-state index is 11.5. The predicted octanol–water partition coefficient (Wildman–Crippen LogP) is 2.86. The van der Waals surface area contributed by atoms with E-state index < -0.39 is 0 Å². The first-order valence-electron chi connectivity index (χ1n) is 6.27. The molecule has 1 aliphatic rings. The minimum Gasteiger partial charge on any atom is -0.496 e. The summed E-state index contributed by atoms with van der Waals surface area (Å²) >= 11 is 0. The molecular weight excluding hydrogens is 244 g/mol. The number of fused-ring (bicyclic) bond motifs is 3. The fourth-order valence-corrected chi connectivity index (χ4v) is 2.59. The molecule has 0 N–H and O–H groups in total. The van der Waals surface area contributed by atoms with E-state index in [1.54, 1.807) is 13.2 Å². The molecule has 4 nitrogen and oxygen atoms in total. The smallest absolute Gasteiger partial charge is 0.336 e. The summed E-state index contributed by atoms with van der Waals surface area (Å²) in [5.41, 5.74) is 0.931. The van der Waals surface area contributed by atoms with Gasteiger partial charge in [0.1, 0.15) is 23.2 Å². The lowest BCUT2D eigenvalue weighted by Crippen LogP contribution is -2.29. The molecule has 3 rings (SSSR count). The number of methoxy groups -OCH3 is 1. The highest BCUT2D eigenvalue weighted by atomic mass is 16.5. The summed E-state index contributed by atoms with van der Waals surface area (Å²) in [5.74, 6) is 1.39. The fraction of sp³-hybridized carbons (Fsp3) is 0.400. The van der Waals surface area contributed by atoms with Crippen molar-refractivity contribution in [1.29, 1.82) is 0 Å². The van der Waals surface area contributed by atoms with Gasteiger partial charge in [-0.3, -0.25) is 0 Å². The Hall–Kier alpha value is -1.97. The molecule has 0 radical (unpaired) electrons. The number of rotatable bonds is 1. The highest BCUT2D eigenvalue weighted by Crippen LogP contribution is 2.48. The van der Waals surface area contributed by atoms with Gasteiger partial charge in [-0.15, -0.1) is 0 Å². The van der Waals surface area contributed by atoms with Crippen LogP contribution in [0.4, 0.5) is 0 Å². The van der Waals surface area contributed by atoms with Gasteiger partial charge in [-0.1, -0.05) is 13.8 Å². The van der Waals surface area contributed by atoms with E-state index in [9.17, 15) is 4.79 Å². The number of benzene rings is 1. The predicted molar refractivity (Wildman–Crippen MR) is 72.2 cm³/mol. The summed E-state index contributed by atoms with van der Waals surface area (Å²) in [4.78, 5) is 11.5. The first-order chi connectivity index (χ1) is 8.95. The molecule has 0 spiro atoms. The van der Waals surface area contributed by atoms with Gasteiger partial charge in [-0.05, 0) is 13.0 Å². The van der Waals surface area contributed by atoms with E-state index in [4.69, 9.17) is 13.9 Å². The van der Waals surface area contributed by atoms with Crippen molar-refractivity contribution in [3.8, 4) is 11.5 Å². The Morgan fingerprint density at radius 2 is 2.05 bits per heavy atom. The van der Waals surface area contributed by atoms with Gasteiger partial charge in [0, 0.05) is 23.1 Å². The summed E-state index contributed by atoms with van der Waals surface area (Å²) in [6, 6.07) is 5.01. The SMILES string of the molecule is COc1cc2c(c3oc(=O)ccc13)C(C)(C)C(C)O2. The molecule has 2 heterocycles. The highest BCUT2D eigenvalue weighted by molar-refractivity contribution is 5.90. The van der Waals surface area contributed by atoms with Crippen LogP contribution in [0.15, 0.2) is 27.4 Å². The minimum atomic E-state index is -0.363. The number of hydrogen-bond donors (Lipinski definition) is 0. The molecule has 0 amide bonds. The molecule has 0 fully saturated rings. The minimum absolute atomic E-state index is 0.0170. The lowest BCUT2D eigenvalue weighted by molar-refractivity contribution is 0.185. The molecule has 1 aromatic heterocycles. The first-order valence-corrected chi connectivity index (χ1v) is 6.27. The van der Waals surface area contributed by atoms with E-state index in [1.165, 1.54) is 6.07 Å². The average Bonchev–Trinajstić information content (AvgIpc) is 2.58. The second kappa shape index (κ2) is 3.76. The third-order valence-electron chi connectivity index (χ3n) is 4.02. The Kier molecular flexibility index (Phi) is 2.39. The van der Waals surface area contributed by atoms with Crippen LogP contribution in [0.2, 0.25) is 0 Å². The first kappa shape index (κ1) is 12.1. The molecule has 1 atom stereocenters. The van der Waals surface area contributed by atoms with Crippen molar-refractivity contribution >= 4 is 11.0 Å². The van der Waals surface area contributed by atoms with Crippen molar-refractivity contribution in [2.24, 2.45) is 0 Å². The van der Waals surface area contributed by atoms with E-state index in [2.05, 4.69) is 13.8 Å². The maximum Gasteiger partial charge on any atom is 0.336 e. The Morgan fingerprint density at radius 1 is 1.32 bits per heavy atom. The maximum atomic E-state index is 11.5. The third-order valence-corrected chi connectivity index (χ3v) is 4.02. The molecule has 0 saturated heterocycles. The number of ether oxygens (including phenoxy) is 2. The molecule has 100 valence electrons. The summed E-state index contributed by atoms with van der Waals surface area (Å²) in [6.45, 7) is 6.18.